The van der Waals surface area contributed by atoms with Gasteiger partial charge in [0.05, 0.1) is 18.4 Å². The maximum Gasteiger partial charge on any atom is 0.338 e. The third kappa shape index (κ3) is 4.91. The van der Waals surface area contributed by atoms with E-state index in [1.807, 2.05) is 0 Å². The minimum Gasteiger partial charge on any atom is -0.462 e. The van der Waals surface area contributed by atoms with Crippen LogP contribution in [0.1, 0.15) is 37.6 Å². The Hall–Kier alpha value is -2.70. The van der Waals surface area contributed by atoms with Gasteiger partial charge >= 0.3 is 5.97 Å². The van der Waals surface area contributed by atoms with Crippen molar-refractivity contribution in [2.45, 2.75) is 33.2 Å². The van der Waals surface area contributed by atoms with E-state index in [9.17, 15) is 4.79 Å². The Morgan fingerprint density at radius 2 is 2.00 bits per heavy atom. The van der Waals surface area contributed by atoms with Gasteiger partial charge in [-0.15, -0.1) is 5.10 Å². The third-order valence-corrected chi connectivity index (χ3v) is 3.22. The number of nitrogens with zero attached hydrogens (tertiary/aromatic N) is 3. The second kappa shape index (κ2) is 8.07. The van der Waals surface area contributed by atoms with Crippen LogP contribution in [-0.4, -0.2) is 33.8 Å². The van der Waals surface area contributed by atoms with E-state index < -0.39 is 0 Å². The third-order valence-electron chi connectivity index (χ3n) is 3.22. The molecule has 0 aliphatic carbocycles. The summed E-state index contributed by atoms with van der Waals surface area (Å²) in [6.07, 6.45) is 2.51. The largest absolute Gasteiger partial charge is 0.462 e. The number of rotatable bonds is 7. The van der Waals surface area contributed by atoms with Crippen molar-refractivity contribution in [1.29, 1.82) is 0 Å². The zero-order valence-electron chi connectivity index (χ0n) is 13.5. The number of nitrogens with one attached hydrogen (secondary N) is 2. The highest BCUT2D eigenvalue weighted by Crippen LogP contribution is 2.16. The average Bonchev–Trinajstić information content (AvgIpc) is 2.56. The highest BCUT2D eigenvalue weighted by Gasteiger charge is 2.07. The summed E-state index contributed by atoms with van der Waals surface area (Å²) in [6, 6.07) is 7.25. The quantitative estimate of drug-likeness (QED) is 0.759. The van der Waals surface area contributed by atoms with E-state index in [-0.39, 0.29) is 12.0 Å². The summed E-state index contributed by atoms with van der Waals surface area (Å²) in [5, 5.41) is 14.2. The molecule has 0 aliphatic heterocycles. The van der Waals surface area contributed by atoms with Gasteiger partial charge < -0.3 is 15.4 Å². The van der Waals surface area contributed by atoms with Gasteiger partial charge in [-0.25, -0.2) is 4.79 Å². The smallest absolute Gasteiger partial charge is 0.338 e. The molecule has 1 unspecified atom stereocenters. The number of aromatic nitrogens is 3. The van der Waals surface area contributed by atoms with Crippen LogP contribution in [0.2, 0.25) is 0 Å². The molecule has 122 valence electrons. The minimum absolute atomic E-state index is 0.274. The monoisotopic (exact) mass is 315 g/mol. The maximum absolute atomic E-state index is 11.6. The lowest BCUT2D eigenvalue weighted by molar-refractivity contribution is 0.0526. The van der Waals surface area contributed by atoms with E-state index >= 15 is 0 Å². The molecule has 0 aliphatic rings. The lowest BCUT2D eigenvalue weighted by Crippen LogP contribution is -2.16. The molecule has 0 radical (unpaired) electrons. The van der Waals surface area contributed by atoms with Crippen LogP contribution in [0.5, 0.6) is 0 Å². The number of carbonyl (C=O) groups is 1. The van der Waals surface area contributed by atoms with Crippen molar-refractivity contribution < 1.29 is 9.53 Å². The van der Waals surface area contributed by atoms with E-state index in [1.54, 1.807) is 37.4 Å². The van der Waals surface area contributed by atoms with E-state index in [2.05, 4.69) is 39.7 Å². The van der Waals surface area contributed by atoms with Gasteiger partial charge in [0.15, 0.2) is 5.82 Å². The summed E-state index contributed by atoms with van der Waals surface area (Å²) in [6.45, 7) is 6.27. The van der Waals surface area contributed by atoms with Crippen LogP contribution in [0.25, 0.3) is 0 Å². The second-order valence-corrected chi connectivity index (χ2v) is 5.04. The molecule has 23 heavy (non-hydrogen) atoms. The molecule has 0 spiro atoms. The van der Waals surface area contributed by atoms with Crippen LogP contribution in [0.4, 0.5) is 17.5 Å². The van der Waals surface area contributed by atoms with Crippen LogP contribution < -0.4 is 10.6 Å². The number of hydrogen-bond acceptors (Lipinski definition) is 7. The van der Waals surface area contributed by atoms with Gasteiger partial charge in [-0.1, -0.05) is 6.92 Å². The van der Waals surface area contributed by atoms with E-state index in [0.29, 0.717) is 23.9 Å². The van der Waals surface area contributed by atoms with Crippen molar-refractivity contribution in [3.05, 3.63) is 36.0 Å². The van der Waals surface area contributed by atoms with Gasteiger partial charge in [-0.2, -0.15) is 10.1 Å². The molecule has 2 N–H and O–H groups in total. The highest BCUT2D eigenvalue weighted by molar-refractivity contribution is 5.89. The summed E-state index contributed by atoms with van der Waals surface area (Å²) >= 11 is 0. The molecule has 2 aromatic rings. The number of hydrogen-bond donors (Lipinski definition) is 2. The Morgan fingerprint density at radius 3 is 2.65 bits per heavy atom. The first-order valence-corrected chi connectivity index (χ1v) is 7.62. The summed E-state index contributed by atoms with van der Waals surface area (Å²) in [7, 11) is 0. The van der Waals surface area contributed by atoms with Crippen molar-refractivity contribution >= 4 is 23.4 Å². The fourth-order valence-electron chi connectivity index (χ4n) is 1.80. The van der Waals surface area contributed by atoms with Crippen LogP contribution in [0.15, 0.2) is 30.5 Å². The molecule has 1 heterocycles. The van der Waals surface area contributed by atoms with Crippen molar-refractivity contribution in [1.82, 2.24) is 15.2 Å². The van der Waals surface area contributed by atoms with Gasteiger partial charge in [0.1, 0.15) is 0 Å². The standard InChI is InChI=1S/C16H21N5O2/c1-4-11(3)18-16-20-14(10-17-21-16)19-13-8-6-12(7-9-13)15(22)23-5-2/h6-11H,4-5H2,1-3H3,(H2,18,19,20,21). The van der Waals surface area contributed by atoms with Crippen LogP contribution >= 0.6 is 0 Å². The molecule has 1 aromatic heterocycles. The first-order chi connectivity index (χ1) is 11.1. The average molecular weight is 315 g/mol. The summed E-state index contributed by atoms with van der Waals surface area (Å²) in [5.74, 6) is 0.727. The normalized spacial score (nSPS) is 11.6. The Balaban J connectivity index is 2.04. The summed E-state index contributed by atoms with van der Waals surface area (Å²) < 4.78 is 4.95. The molecule has 0 saturated carbocycles. The fourth-order valence-corrected chi connectivity index (χ4v) is 1.80. The molecule has 1 aromatic carbocycles. The number of carbonyl (C=O) groups excluding carboxylic acids is 1. The molecule has 0 saturated heterocycles. The maximum atomic E-state index is 11.6. The lowest BCUT2D eigenvalue weighted by atomic mass is 10.2. The zero-order chi connectivity index (χ0) is 16.7. The molecular formula is C16H21N5O2. The van der Waals surface area contributed by atoms with Gasteiger partial charge in [-0.05, 0) is 44.5 Å². The Labute approximate surface area is 135 Å². The van der Waals surface area contributed by atoms with Crippen molar-refractivity contribution in [3.63, 3.8) is 0 Å². The van der Waals surface area contributed by atoms with Crippen LogP contribution in [0, 0.1) is 0 Å². The van der Waals surface area contributed by atoms with Gasteiger partial charge in [-0.3, -0.25) is 0 Å². The lowest BCUT2D eigenvalue weighted by Gasteiger charge is -2.11. The van der Waals surface area contributed by atoms with Crippen molar-refractivity contribution in [2.24, 2.45) is 0 Å². The first kappa shape index (κ1) is 16.7. The molecule has 7 nitrogen and oxygen atoms in total. The van der Waals surface area contributed by atoms with Gasteiger partial charge in [0.25, 0.3) is 0 Å². The van der Waals surface area contributed by atoms with E-state index in [1.165, 1.54) is 0 Å². The van der Waals surface area contributed by atoms with E-state index in [0.717, 1.165) is 12.1 Å². The Morgan fingerprint density at radius 1 is 1.26 bits per heavy atom. The zero-order valence-corrected chi connectivity index (χ0v) is 13.5. The molecular weight excluding hydrogens is 294 g/mol. The number of esters is 1. The van der Waals surface area contributed by atoms with E-state index in [4.69, 9.17) is 4.74 Å². The molecule has 0 amide bonds. The second-order valence-electron chi connectivity index (χ2n) is 5.04. The predicted molar refractivity (Wildman–Crippen MR) is 88.9 cm³/mol. The molecule has 7 heteroatoms. The summed E-state index contributed by atoms with van der Waals surface area (Å²) in [4.78, 5) is 16.0. The van der Waals surface area contributed by atoms with Gasteiger partial charge in [0.2, 0.25) is 5.95 Å². The molecule has 0 bridgehead atoms. The minimum atomic E-state index is -0.331. The summed E-state index contributed by atoms with van der Waals surface area (Å²) in [5.41, 5.74) is 1.31. The molecule has 1 atom stereocenters. The SMILES string of the molecule is CCOC(=O)c1ccc(Nc2cnnc(NC(C)CC)n2)cc1. The molecule has 2 rings (SSSR count). The first-order valence-electron chi connectivity index (χ1n) is 7.62. The number of ether oxygens (including phenoxy) is 1. The van der Waals surface area contributed by atoms with Crippen molar-refractivity contribution in [2.75, 3.05) is 17.2 Å². The Bertz CT molecular complexity index is 645. The van der Waals surface area contributed by atoms with Gasteiger partial charge in [0, 0.05) is 11.7 Å². The fraction of sp³-hybridized carbons (Fsp3) is 0.375. The molecule has 0 fully saturated rings. The topological polar surface area (TPSA) is 89.0 Å². The number of anilines is 3. The van der Waals surface area contributed by atoms with Crippen LogP contribution in [-0.2, 0) is 4.74 Å². The highest BCUT2D eigenvalue weighted by atomic mass is 16.5. The number of benzene rings is 1. The Kier molecular flexibility index (Phi) is 5.85. The predicted octanol–water partition coefficient (Wildman–Crippen LogP) is 3.00. The van der Waals surface area contributed by atoms with Crippen LogP contribution in [0.3, 0.4) is 0 Å². The van der Waals surface area contributed by atoms with Crippen molar-refractivity contribution in [3.8, 4) is 0 Å².